The first kappa shape index (κ1) is 8.57. The highest BCUT2D eigenvalue weighted by Crippen LogP contribution is 2.22. The number of benzene rings is 1. The molecule has 70 valence electrons. The van der Waals surface area contributed by atoms with Crippen LogP contribution < -0.4 is 4.74 Å². The molecule has 0 aliphatic carbocycles. The third kappa shape index (κ3) is 2.01. The molecular formula is C11H14O2. The Bertz CT molecular complexity index is 303. The number of rotatable bonds is 3. The molecule has 1 heterocycles. The smallest absolute Gasteiger partial charge is 0.121 e. The maximum absolute atomic E-state index is 5.19. The van der Waals surface area contributed by atoms with E-state index in [9.17, 15) is 0 Å². The van der Waals surface area contributed by atoms with Crippen molar-refractivity contribution in [2.75, 3.05) is 13.7 Å². The second kappa shape index (κ2) is 3.38. The first-order valence-electron chi connectivity index (χ1n) is 4.54. The molecule has 1 aromatic carbocycles. The van der Waals surface area contributed by atoms with Gasteiger partial charge in [0, 0.05) is 6.42 Å². The molecule has 1 aliphatic heterocycles. The molecule has 0 saturated carbocycles. The van der Waals surface area contributed by atoms with E-state index in [-0.39, 0.29) is 0 Å². The molecule has 1 saturated heterocycles. The quantitative estimate of drug-likeness (QED) is 0.660. The van der Waals surface area contributed by atoms with Gasteiger partial charge in [0.1, 0.15) is 5.75 Å². The average Bonchev–Trinajstić information content (AvgIpc) is 2.89. The van der Waals surface area contributed by atoms with Gasteiger partial charge in [0.2, 0.25) is 0 Å². The monoisotopic (exact) mass is 178 g/mol. The number of ether oxygens (including phenoxy) is 2. The van der Waals surface area contributed by atoms with Crippen LogP contribution in [0.1, 0.15) is 11.1 Å². The van der Waals surface area contributed by atoms with Crippen molar-refractivity contribution < 1.29 is 9.47 Å². The lowest BCUT2D eigenvalue weighted by atomic mass is 10.1. The molecule has 1 aliphatic rings. The zero-order valence-corrected chi connectivity index (χ0v) is 8.04. The minimum Gasteiger partial charge on any atom is -0.496 e. The lowest BCUT2D eigenvalue weighted by molar-refractivity contribution is 0.405. The van der Waals surface area contributed by atoms with E-state index in [4.69, 9.17) is 9.47 Å². The van der Waals surface area contributed by atoms with Crippen molar-refractivity contribution in [1.29, 1.82) is 0 Å². The first-order chi connectivity index (χ1) is 6.29. The van der Waals surface area contributed by atoms with Gasteiger partial charge in [0.05, 0.1) is 19.8 Å². The lowest BCUT2D eigenvalue weighted by Gasteiger charge is -2.05. The molecule has 0 aromatic heterocycles. The molecule has 2 heteroatoms. The highest BCUT2D eigenvalue weighted by Gasteiger charge is 2.22. The molecule has 2 rings (SSSR count). The molecule has 1 aromatic rings. The van der Waals surface area contributed by atoms with Gasteiger partial charge in [-0.3, -0.25) is 0 Å². The third-order valence-corrected chi connectivity index (χ3v) is 2.32. The Morgan fingerprint density at radius 3 is 2.85 bits per heavy atom. The molecule has 0 amide bonds. The van der Waals surface area contributed by atoms with Crippen molar-refractivity contribution >= 4 is 0 Å². The lowest BCUT2D eigenvalue weighted by Crippen LogP contribution is -1.94. The highest BCUT2D eigenvalue weighted by molar-refractivity contribution is 5.36. The van der Waals surface area contributed by atoms with Crippen LogP contribution in [0.4, 0.5) is 0 Å². The summed E-state index contributed by atoms with van der Waals surface area (Å²) in [5, 5.41) is 0. The SMILES string of the molecule is COc1ccc(CC2CO2)cc1C. The molecular weight excluding hydrogens is 164 g/mol. The maximum Gasteiger partial charge on any atom is 0.121 e. The van der Waals surface area contributed by atoms with Crippen molar-refractivity contribution in [3.63, 3.8) is 0 Å². The van der Waals surface area contributed by atoms with Gasteiger partial charge in [0.15, 0.2) is 0 Å². The zero-order chi connectivity index (χ0) is 9.26. The largest absolute Gasteiger partial charge is 0.496 e. The molecule has 1 atom stereocenters. The van der Waals surface area contributed by atoms with Gasteiger partial charge in [-0.25, -0.2) is 0 Å². The Labute approximate surface area is 78.5 Å². The van der Waals surface area contributed by atoms with Crippen molar-refractivity contribution in [1.82, 2.24) is 0 Å². The van der Waals surface area contributed by atoms with Crippen LogP contribution in [0.5, 0.6) is 5.75 Å². The molecule has 1 fully saturated rings. The van der Waals surface area contributed by atoms with Crippen LogP contribution in [0.3, 0.4) is 0 Å². The molecule has 0 spiro atoms. The first-order valence-corrected chi connectivity index (χ1v) is 4.54. The second-order valence-electron chi connectivity index (χ2n) is 3.46. The number of hydrogen-bond donors (Lipinski definition) is 0. The fourth-order valence-electron chi connectivity index (χ4n) is 1.52. The normalized spacial score (nSPS) is 20.0. The summed E-state index contributed by atoms with van der Waals surface area (Å²) in [5.74, 6) is 0.959. The summed E-state index contributed by atoms with van der Waals surface area (Å²) in [7, 11) is 1.70. The predicted octanol–water partition coefficient (Wildman–Crippen LogP) is 1.94. The molecule has 1 unspecified atom stereocenters. The zero-order valence-electron chi connectivity index (χ0n) is 8.04. The van der Waals surface area contributed by atoms with E-state index in [0.29, 0.717) is 6.10 Å². The summed E-state index contributed by atoms with van der Waals surface area (Å²) in [6, 6.07) is 6.29. The van der Waals surface area contributed by atoms with E-state index >= 15 is 0 Å². The van der Waals surface area contributed by atoms with Gasteiger partial charge in [-0.2, -0.15) is 0 Å². The number of hydrogen-bond acceptors (Lipinski definition) is 2. The molecule has 0 radical (unpaired) electrons. The van der Waals surface area contributed by atoms with E-state index in [2.05, 4.69) is 19.1 Å². The van der Waals surface area contributed by atoms with E-state index < -0.39 is 0 Å². The number of methoxy groups -OCH3 is 1. The van der Waals surface area contributed by atoms with Gasteiger partial charge in [0.25, 0.3) is 0 Å². The highest BCUT2D eigenvalue weighted by atomic mass is 16.6. The van der Waals surface area contributed by atoms with Gasteiger partial charge in [-0.05, 0) is 24.1 Å². The topological polar surface area (TPSA) is 21.8 Å². The number of aryl methyl sites for hydroxylation is 1. The number of epoxide rings is 1. The average molecular weight is 178 g/mol. The Kier molecular flexibility index (Phi) is 2.23. The van der Waals surface area contributed by atoms with E-state index in [1.807, 2.05) is 6.07 Å². The van der Waals surface area contributed by atoms with Crippen LogP contribution in [0, 0.1) is 6.92 Å². The van der Waals surface area contributed by atoms with Crippen molar-refractivity contribution in [2.24, 2.45) is 0 Å². The van der Waals surface area contributed by atoms with Crippen LogP contribution in [0.25, 0.3) is 0 Å². The van der Waals surface area contributed by atoms with Crippen LogP contribution in [0.15, 0.2) is 18.2 Å². The third-order valence-electron chi connectivity index (χ3n) is 2.32. The summed E-state index contributed by atoms with van der Waals surface area (Å²) in [5.41, 5.74) is 2.53. The molecule has 0 bridgehead atoms. The Balaban J connectivity index is 2.13. The predicted molar refractivity (Wildman–Crippen MR) is 51.2 cm³/mol. The van der Waals surface area contributed by atoms with Gasteiger partial charge in [-0.1, -0.05) is 12.1 Å². The van der Waals surface area contributed by atoms with Crippen LogP contribution >= 0.6 is 0 Å². The molecule has 13 heavy (non-hydrogen) atoms. The summed E-state index contributed by atoms with van der Waals surface area (Å²) in [4.78, 5) is 0. The van der Waals surface area contributed by atoms with Crippen molar-refractivity contribution in [2.45, 2.75) is 19.4 Å². The standard InChI is InChI=1S/C11H14O2/c1-8-5-9(6-10-7-13-10)3-4-11(8)12-2/h3-5,10H,6-7H2,1-2H3. The van der Waals surface area contributed by atoms with Gasteiger partial charge in [-0.15, -0.1) is 0 Å². The summed E-state index contributed by atoms with van der Waals surface area (Å²) in [6.45, 7) is 2.99. The minimum absolute atomic E-state index is 0.466. The summed E-state index contributed by atoms with van der Waals surface area (Å²) < 4.78 is 10.4. The van der Waals surface area contributed by atoms with Crippen LogP contribution in [0.2, 0.25) is 0 Å². The van der Waals surface area contributed by atoms with E-state index in [1.165, 1.54) is 11.1 Å². The maximum atomic E-state index is 5.19. The Morgan fingerprint density at radius 1 is 1.54 bits per heavy atom. The van der Waals surface area contributed by atoms with Crippen LogP contribution in [-0.4, -0.2) is 19.8 Å². The second-order valence-corrected chi connectivity index (χ2v) is 3.46. The Hall–Kier alpha value is -1.02. The molecule has 0 N–H and O–H groups in total. The summed E-state index contributed by atoms with van der Waals surface area (Å²) in [6.07, 6.45) is 1.50. The Morgan fingerprint density at radius 2 is 2.31 bits per heavy atom. The van der Waals surface area contributed by atoms with E-state index in [1.54, 1.807) is 7.11 Å². The molecule has 2 nitrogen and oxygen atoms in total. The van der Waals surface area contributed by atoms with Gasteiger partial charge >= 0.3 is 0 Å². The summed E-state index contributed by atoms with van der Waals surface area (Å²) >= 11 is 0. The fraction of sp³-hybridized carbons (Fsp3) is 0.455. The van der Waals surface area contributed by atoms with Crippen molar-refractivity contribution in [3.05, 3.63) is 29.3 Å². The van der Waals surface area contributed by atoms with Crippen LogP contribution in [-0.2, 0) is 11.2 Å². The fourth-order valence-corrected chi connectivity index (χ4v) is 1.52. The van der Waals surface area contributed by atoms with E-state index in [0.717, 1.165) is 18.8 Å². The van der Waals surface area contributed by atoms with Crippen molar-refractivity contribution in [3.8, 4) is 5.75 Å². The van der Waals surface area contributed by atoms with Gasteiger partial charge < -0.3 is 9.47 Å². The minimum atomic E-state index is 0.466.